The van der Waals surface area contributed by atoms with Crippen LogP contribution < -0.4 is 10.1 Å². The minimum atomic E-state index is -4.75. The Morgan fingerprint density at radius 2 is 1.84 bits per heavy atom. The Morgan fingerprint density at radius 3 is 2.56 bits per heavy atom. The predicted molar refractivity (Wildman–Crippen MR) is 168 cm³/mol. The highest BCUT2D eigenvalue weighted by Gasteiger charge is 2.35. The lowest BCUT2D eigenvalue weighted by atomic mass is 9.91. The van der Waals surface area contributed by atoms with Crippen LogP contribution in [0.2, 0.25) is 0 Å². The highest BCUT2D eigenvalue weighted by Crippen LogP contribution is 2.35. The SMILES string of the molecule is CCc1ccccc1C1C(=O)CSC1=NC(=O)NCCC(C)Cc1ccc(-c2ncn(-c3ccc(OC(F)(F)F)cc3)n2)cc1. The third kappa shape index (κ3) is 8.39. The summed E-state index contributed by atoms with van der Waals surface area (Å²) >= 11 is 1.33. The number of aromatic nitrogens is 3. The predicted octanol–water partition coefficient (Wildman–Crippen LogP) is 7.17. The van der Waals surface area contributed by atoms with Gasteiger partial charge in [-0.05, 0) is 66.1 Å². The largest absolute Gasteiger partial charge is 0.573 e. The topological polar surface area (TPSA) is 98.5 Å². The zero-order chi connectivity index (χ0) is 32.0. The number of Topliss-reactive ketones (excluding diaryl/α,β-unsaturated/α-hetero) is 1. The molecule has 12 heteroatoms. The molecule has 1 fully saturated rings. The Kier molecular flexibility index (Phi) is 10.0. The number of aryl methyl sites for hydroxylation is 1. The minimum Gasteiger partial charge on any atom is -0.406 e. The molecule has 1 aliphatic heterocycles. The summed E-state index contributed by atoms with van der Waals surface area (Å²) < 4.78 is 42.6. The number of aliphatic imine (C=N–C) groups is 1. The van der Waals surface area contributed by atoms with Gasteiger partial charge in [-0.3, -0.25) is 4.79 Å². The van der Waals surface area contributed by atoms with Gasteiger partial charge in [0.25, 0.3) is 0 Å². The zero-order valence-electron chi connectivity index (χ0n) is 24.8. The second-order valence-electron chi connectivity index (χ2n) is 10.8. The summed E-state index contributed by atoms with van der Waals surface area (Å²) in [5.74, 6) is 0.381. The van der Waals surface area contributed by atoms with E-state index in [0.29, 0.717) is 28.9 Å². The van der Waals surface area contributed by atoms with Crippen molar-refractivity contribution in [2.75, 3.05) is 12.3 Å². The van der Waals surface area contributed by atoms with Crippen molar-refractivity contribution in [1.29, 1.82) is 0 Å². The molecule has 45 heavy (non-hydrogen) atoms. The highest BCUT2D eigenvalue weighted by atomic mass is 32.2. The van der Waals surface area contributed by atoms with Crippen molar-refractivity contribution in [3.8, 4) is 22.8 Å². The summed E-state index contributed by atoms with van der Waals surface area (Å²) in [5.41, 5.74) is 4.49. The fraction of sp³-hybridized carbons (Fsp3) is 0.303. The van der Waals surface area contributed by atoms with Gasteiger partial charge in [-0.2, -0.15) is 4.99 Å². The molecule has 1 N–H and O–H groups in total. The first kappa shape index (κ1) is 32.0. The summed E-state index contributed by atoms with van der Waals surface area (Å²) in [6, 6.07) is 20.6. The fourth-order valence-electron chi connectivity index (χ4n) is 5.17. The van der Waals surface area contributed by atoms with Crippen molar-refractivity contribution in [2.24, 2.45) is 10.9 Å². The average Bonchev–Trinajstić information content (AvgIpc) is 3.64. The van der Waals surface area contributed by atoms with E-state index >= 15 is 0 Å². The van der Waals surface area contributed by atoms with Crippen LogP contribution in [0.3, 0.4) is 0 Å². The Hall–Kier alpha value is -4.45. The van der Waals surface area contributed by atoms with E-state index in [2.05, 4.69) is 32.1 Å². The number of thioether (sulfide) groups is 1. The van der Waals surface area contributed by atoms with E-state index in [0.717, 1.165) is 41.5 Å². The first-order chi connectivity index (χ1) is 21.6. The van der Waals surface area contributed by atoms with Crippen LogP contribution in [0.4, 0.5) is 18.0 Å². The molecule has 5 rings (SSSR count). The summed E-state index contributed by atoms with van der Waals surface area (Å²) in [7, 11) is 0. The number of urea groups is 1. The number of halogens is 3. The number of carbonyl (C=O) groups excluding carboxylic acids is 2. The van der Waals surface area contributed by atoms with Gasteiger partial charge in [-0.15, -0.1) is 30.0 Å². The van der Waals surface area contributed by atoms with Gasteiger partial charge in [0.05, 0.1) is 22.4 Å². The quantitative estimate of drug-likeness (QED) is 0.198. The van der Waals surface area contributed by atoms with Gasteiger partial charge >= 0.3 is 12.4 Å². The summed E-state index contributed by atoms with van der Waals surface area (Å²) in [4.78, 5) is 33.9. The molecule has 2 atom stereocenters. The molecule has 3 aromatic carbocycles. The average molecular weight is 636 g/mol. The van der Waals surface area contributed by atoms with Gasteiger partial charge in [0, 0.05) is 12.1 Å². The fourth-order valence-corrected chi connectivity index (χ4v) is 6.20. The highest BCUT2D eigenvalue weighted by molar-refractivity contribution is 8.15. The number of alkyl halides is 3. The van der Waals surface area contributed by atoms with Crippen molar-refractivity contribution in [1.82, 2.24) is 20.1 Å². The van der Waals surface area contributed by atoms with Crippen LogP contribution in [-0.4, -0.2) is 50.3 Å². The van der Waals surface area contributed by atoms with E-state index in [9.17, 15) is 22.8 Å². The van der Waals surface area contributed by atoms with Gasteiger partial charge in [-0.25, -0.2) is 14.5 Å². The molecule has 0 saturated carbocycles. The molecule has 0 spiro atoms. The van der Waals surface area contributed by atoms with Crippen LogP contribution >= 0.6 is 11.8 Å². The lowest BCUT2D eigenvalue weighted by Crippen LogP contribution is -2.25. The number of carbonyl (C=O) groups is 2. The van der Waals surface area contributed by atoms with E-state index in [1.807, 2.05) is 55.5 Å². The molecule has 4 aromatic rings. The lowest BCUT2D eigenvalue weighted by molar-refractivity contribution is -0.274. The molecule has 2 amide bonds. The number of nitrogens with zero attached hydrogens (tertiary/aromatic N) is 4. The second kappa shape index (κ2) is 14.1. The van der Waals surface area contributed by atoms with E-state index in [-0.39, 0.29) is 17.5 Å². The molecular weight excluding hydrogens is 603 g/mol. The number of nitrogens with one attached hydrogen (secondary N) is 1. The van der Waals surface area contributed by atoms with Crippen LogP contribution in [-0.2, 0) is 17.6 Å². The number of rotatable bonds is 10. The molecule has 8 nitrogen and oxygen atoms in total. The van der Waals surface area contributed by atoms with Gasteiger partial charge in [-0.1, -0.05) is 62.4 Å². The van der Waals surface area contributed by atoms with Crippen LogP contribution in [0.5, 0.6) is 5.75 Å². The molecule has 2 unspecified atom stereocenters. The third-order valence-electron chi connectivity index (χ3n) is 7.43. The molecule has 1 aromatic heterocycles. The van der Waals surface area contributed by atoms with Crippen LogP contribution in [0, 0.1) is 5.92 Å². The van der Waals surface area contributed by atoms with Crippen molar-refractivity contribution >= 4 is 28.6 Å². The van der Waals surface area contributed by atoms with E-state index in [4.69, 9.17) is 0 Å². The maximum Gasteiger partial charge on any atom is 0.573 e. The van der Waals surface area contributed by atoms with E-state index in [1.165, 1.54) is 47.0 Å². The molecule has 2 heterocycles. The maximum absolute atomic E-state index is 12.6. The first-order valence-corrected chi connectivity index (χ1v) is 15.5. The molecule has 0 aliphatic carbocycles. The number of benzene rings is 3. The Morgan fingerprint density at radius 1 is 1.11 bits per heavy atom. The van der Waals surface area contributed by atoms with E-state index in [1.54, 1.807) is 0 Å². The van der Waals surface area contributed by atoms with Crippen molar-refractivity contribution in [3.05, 3.63) is 95.8 Å². The van der Waals surface area contributed by atoms with E-state index < -0.39 is 18.3 Å². The number of ether oxygens (including phenoxy) is 1. The zero-order valence-corrected chi connectivity index (χ0v) is 25.6. The van der Waals surface area contributed by atoms with Crippen LogP contribution in [0.15, 0.2) is 84.1 Å². The van der Waals surface area contributed by atoms with Gasteiger partial charge in [0.2, 0.25) is 0 Å². The first-order valence-electron chi connectivity index (χ1n) is 14.6. The van der Waals surface area contributed by atoms with Gasteiger partial charge in [0.1, 0.15) is 12.1 Å². The molecule has 1 aliphatic rings. The summed E-state index contributed by atoms with van der Waals surface area (Å²) in [6.45, 7) is 4.63. The van der Waals surface area contributed by atoms with Gasteiger partial charge in [0.15, 0.2) is 11.6 Å². The molecule has 1 saturated heterocycles. The Bertz CT molecular complexity index is 1670. The van der Waals surface area contributed by atoms with Crippen LogP contribution in [0.1, 0.15) is 42.9 Å². The van der Waals surface area contributed by atoms with Crippen molar-refractivity contribution in [2.45, 2.75) is 45.4 Å². The number of hydrogen-bond donors (Lipinski definition) is 1. The molecule has 0 bridgehead atoms. The standard InChI is InChI=1S/C33H32F3N5O3S/c1-3-23-6-4-5-7-27(23)29-28(42)19-45-31(29)39-32(43)37-17-16-21(2)18-22-8-10-24(11-9-22)30-38-20-41(40-30)25-12-14-26(15-13-25)44-33(34,35)36/h4-15,20-21,29H,3,16-19H2,1-2H3,(H,37,43). The third-order valence-corrected chi connectivity index (χ3v) is 8.48. The van der Waals surface area contributed by atoms with Crippen molar-refractivity contribution in [3.63, 3.8) is 0 Å². The molecule has 0 radical (unpaired) electrons. The number of hydrogen-bond acceptors (Lipinski definition) is 6. The summed E-state index contributed by atoms with van der Waals surface area (Å²) in [6.07, 6.45) is -0.889. The lowest BCUT2D eigenvalue weighted by Gasteiger charge is -2.14. The smallest absolute Gasteiger partial charge is 0.406 e. The number of amides is 2. The van der Waals surface area contributed by atoms with Gasteiger partial charge < -0.3 is 10.1 Å². The summed E-state index contributed by atoms with van der Waals surface area (Å²) in [5, 5.41) is 7.87. The Balaban J connectivity index is 1.11. The molecular formula is C33H32F3N5O3S. The minimum absolute atomic E-state index is 0.0735. The van der Waals surface area contributed by atoms with Crippen molar-refractivity contribution < 1.29 is 27.5 Å². The van der Waals surface area contributed by atoms with Crippen LogP contribution in [0.25, 0.3) is 17.1 Å². The normalized spacial score (nSPS) is 16.6. The molecule has 234 valence electrons. The second-order valence-corrected chi connectivity index (χ2v) is 11.8. The maximum atomic E-state index is 12.6. The number of ketones is 1. The Labute approximate surface area is 263 Å². The monoisotopic (exact) mass is 635 g/mol.